The average molecular weight is 519 g/mol. The van der Waals surface area contributed by atoms with E-state index in [0.717, 1.165) is 36.4 Å². The fourth-order valence-electron chi connectivity index (χ4n) is 2.61. The first-order valence-electron chi connectivity index (χ1n) is 9.02. The maximum Gasteiger partial charge on any atom is 0.573 e. The first kappa shape index (κ1) is 27.4. The van der Waals surface area contributed by atoms with Crippen LogP contribution in [0.3, 0.4) is 0 Å². The highest BCUT2D eigenvalue weighted by Gasteiger charge is 2.63. The fourth-order valence-corrected chi connectivity index (χ4v) is 2.61. The van der Waals surface area contributed by atoms with E-state index in [2.05, 4.69) is 9.47 Å². The summed E-state index contributed by atoms with van der Waals surface area (Å²) in [5.74, 6) is -2.83. The lowest BCUT2D eigenvalue weighted by Crippen LogP contribution is -2.69. The minimum Gasteiger partial charge on any atom is -0.466 e. The van der Waals surface area contributed by atoms with Crippen LogP contribution in [0, 0.1) is 0 Å². The summed E-state index contributed by atoms with van der Waals surface area (Å²) in [5, 5.41) is 4.65. The number of halogens is 9. The number of nitrogens with one attached hydrogen (secondary N) is 3. The van der Waals surface area contributed by atoms with Crippen molar-refractivity contribution in [1.82, 2.24) is 5.32 Å². The quantitative estimate of drug-likeness (QED) is 0.275. The average Bonchev–Trinajstić information content (AvgIpc) is 2.71. The maximum atomic E-state index is 14.0. The highest BCUT2D eigenvalue weighted by Crippen LogP contribution is 2.36. The predicted molar refractivity (Wildman–Crippen MR) is 101 cm³/mol. The van der Waals surface area contributed by atoms with Gasteiger partial charge in [0.15, 0.2) is 0 Å². The number of hydrogen-bond acceptors (Lipinski definition) is 5. The van der Waals surface area contributed by atoms with Crippen molar-refractivity contribution in [1.29, 1.82) is 0 Å². The number of carbonyl (C=O) groups is 2. The molecule has 2 aromatic carbocycles. The van der Waals surface area contributed by atoms with E-state index in [1.54, 1.807) is 0 Å². The summed E-state index contributed by atoms with van der Waals surface area (Å²) in [4.78, 5) is 24.4. The Bertz CT molecular complexity index is 1050. The molecule has 35 heavy (non-hydrogen) atoms. The third-order valence-corrected chi connectivity index (χ3v) is 4.09. The van der Waals surface area contributed by atoms with E-state index >= 15 is 0 Å². The summed E-state index contributed by atoms with van der Waals surface area (Å²) in [7, 11) is 0.537. The van der Waals surface area contributed by atoms with Gasteiger partial charge in [0.1, 0.15) is 5.75 Å². The van der Waals surface area contributed by atoms with Crippen LogP contribution in [0.5, 0.6) is 5.75 Å². The van der Waals surface area contributed by atoms with Gasteiger partial charge in [-0.15, -0.1) is 13.2 Å². The smallest absolute Gasteiger partial charge is 0.466 e. The Kier molecular flexibility index (Phi) is 7.66. The maximum absolute atomic E-state index is 14.0. The third-order valence-electron chi connectivity index (χ3n) is 4.09. The number of anilines is 2. The van der Waals surface area contributed by atoms with Crippen molar-refractivity contribution in [2.75, 3.05) is 17.7 Å². The second-order valence-corrected chi connectivity index (χ2v) is 6.59. The number of hydrogen-bond donors (Lipinski definition) is 3. The molecule has 3 N–H and O–H groups in total. The molecule has 0 heterocycles. The van der Waals surface area contributed by atoms with Crippen molar-refractivity contribution < 1.29 is 58.6 Å². The zero-order valence-corrected chi connectivity index (χ0v) is 17.2. The van der Waals surface area contributed by atoms with Gasteiger partial charge in [-0.25, -0.2) is 9.59 Å². The molecule has 0 aliphatic carbocycles. The van der Waals surface area contributed by atoms with Crippen LogP contribution in [0.15, 0.2) is 48.5 Å². The lowest BCUT2D eigenvalue weighted by molar-refractivity contribution is -0.274. The molecule has 0 aliphatic heterocycles. The molecule has 0 saturated heterocycles. The van der Waals surface area contributed by atoms with Crippen LogP contribution in [0.25, 0.3) is 0 Å². The molecular weight excluding hydrogens is 505 g/mol. The summed E-state index contributed by atoms with van der Waals surface area (Å²) in [6.45, 7) is 0. The van der Waals surface area contributed by atoms with Crippen LogP contribution in [0.4, 0.5) is 55.7 Å². The predicted octanol–water partition coefficient (Wildman–Crippen LogP) is 5.27. The number of methoxy groups -OCH3 is 1. The molecule has 7 nitrogen and oxygen atoms in total. The lowest BCUT2D eigenvalue weighted by atomic mass is 10.1. The van der Waals surface area contributed by atoms with Crippen LogP contribution in [0.2, 0.25) is 0 Å². The van der Waals surface area contributed by atoms with Gasteiger partial charge in [0.05, 0.1) is 12.7 Å². The number of ether oxygens (including phenoxy) is 2. The van der Waals surface area contributed by atoms with E-state index in [1.807, 2.05) is 5.32 Å². The monoisotopic (exact) mass is 519 g/mol. The number of urea groups is 1. The zero-order chi connectivity index (χ0) is 26.7. The summed E-state index contributed by atoms with van der Waals surface area (Å²) in [6.07, 6.45) is -15.6. The van der Waals surface area contributed by atoms with Gasteiger partial charge in [-0.3, -0.25) is 5.32 Å². The Morgan fingerprint density at radius 1 is 0.829 bits per heavy atom. The van der Waals surface area contributed by atoms with Crippen molar-refractivity contribution in [2.45, 2.75) is 24.4 Å². The van der Waals surface area contributed by atoms with Crippen LogP contribution in [-0.4, -0.2) is 37.3 Å². The zero-order valence-electron chi connectivity index (χ0n) is 17.2. The van der Waals surface area contributed by atoms with Crippen molar-refractivity contribution in [2.24, 2.45) is 0 Å². The Morgan fingerprint density at radius 3 is 1.91 bits per heavy atom. The highest BCUT2D eigenvalue weighted by atomic mass is 19.4. The van der Waals surface area contributed by atoms with Crippen LogP contribution in [-0.2, 0) is 15.7 Å². The fraction of sp³-hybridized carbons (Fsp3) is 0.263. The Balaban J connectivity index is 2.35. The number of carbonyl (C=O) groups excluding carboxylic acids is 2. The van der Waals surface area contributed by atoms with E-state index in [4.69, 9.17) is 0 Å². The Morgan fingerprint density at radius 2 is 1.43 bits per heavy atom. The topological polar surface area (TPSA) is 88.7 Å². The Labute approximate surface area is 190 Å². The second-order valence-electron chi connectivity index (χ2n) is 6.59. The number of rotatable bonds is 6. The van der Waals surface area contributed by atoms with E-state index in [9.17, 15) is 49.1 Å². The molecule has 2 rings (SSSR count). The molecule has 2 amide bonds. The molecule has 192 valence electrons. The molecule has 16 heteroatoms. The molecule has 2 aromatic rings. The van der Waals surface area contributed by atoms with Gasteiger partial charge < -0.3 is 20.1 Å². The molecule has 0 spiro atoms. The number of benzene rings is 2. The van der Waals surface area contributed by atoms with E-state index < -0.39 is 53.4 Å². The SMILES string of the molecule is COC(=O)[C@@](NC(=O)Nc1ccc(OC(F)(F)F)cc1)(Nc1cccc(C(F)(F)F)c1)C(F)(F)F. The Hall–Kier alpha value is -3.85. The molecule has 0 aliphatic rings. The standard InChI is InChI=1S/C19H14F9N3O4/c1-34-14(32)16(18(23,24)25,30-12-4-2-3-10(9-12)17(20,21)22)31-15(33)29-11-5-7-13(8-6-11)35-19(26,27)28/h2-9,30H,1H3,(H2,29,31,33)/t16-/m0/s1. The number of esters is 1. The van der Waals surface area contributed by atoms with Gasteiger partial charge >= 0.3 is 36.4 Å². The highest BCUT2D eigenvalue weighted by molar-refractivity contribution is 5.96. The molecule has 0 aromatic heterocycles. The van der Waals surface area contributed by atoms with Gasteiger partial charge in [0.2, 0.25) is 0 Å². The molecule has 0 bridgehead atoms. The summed E-state index contributed by atoms with van der Waals surface area (Å²) in [6, 6.07) is 3.81. The van der Waals surface area contributed by atoms with Gasteiger partial charge in [-0.2, -0.15) is 26.3 Å². The normalized spacial score (nSPS) is 13.9. The van der Waals surface area contributed by atoms with Gasteiger partial charge in [0, 0.05) is 11.4 Å². The molecule has 0 unspecified atom stereocenters. The summed E-state index contributed by atoms with van der Waals surface area (Å²) < 4.78 is 125. The molecule has 0 saturated carbocycles. The first-order chi connectivity index (χ1) is 16.0. The van der Waals surface area contributed by atoms with E-state index in [1.165, 1.54) is 10.6 Å². The molecular formula is C19H14F9N3O4. The second kappa shape index (κ2) is 9.79. The van der Waals surface area contributed by atoms with Gasteiger partial charge in [-0.05, 0) is 42.5 Å². The molecule has 1 atom stereocenters. The van der Waals surface area contributed by atoms with Crippen molar-refractivity contribution in [3.63, 3.8) is 0 Å². The number of amides is 2. The minimum atomic E-state index is -5.66. The summed E-state index contributed by atoms with van der Waals surface area (Å²) >= 11 is 0. The minimum absolute atomic E-state index is 0.266. The van der Waals surface area contributed by atoms with E-state index in [0.29, 0.717) is 13.2 Å². The lowest BCUT2D eigenvalue weighted by Gasteiger charge is -2.35. The molecule has 0 radical (unpaired) electrons. The molecule has 0 fully saturated rings. The van der Waals surface area contributed by atoms with E-state index in [-0.39, 0.29) is 11.8 Å². The van der Waals surface area contributed by atoms with Crippen molar-refractivity contribution >= 4 is 23.4 Å². The summed E-state index contributed by atoms with van der Waals surface area (Å²) in [5.41, 5.74) is -6.59. The van der Waals surface area contributed by atoms with Gasteiger partial charge in [-0.1, -0.05) is 6.07 Å². The van der Waals surface area contributed by atoms with Crippen molar-refractivity contribution in [3.05, 3.63) is 54.1 Å². The van der Waals surface area contributed by atoms with Crippen LogP contribution in [0.1, 0.15) is 5.56 Å². The first-order valence-corrected chi connectivity index (χ1v) is 9.02. The third kappa shape index (κ3) is 7.07. The number of alkyl halides is 9. The van der Waals surface area contributed by atoms with Crippen LogP contribution < -0.4 is 20.7 Å². The van der Waals surface area contributed by atoms with Crippen molar-refractivity contribution in [3.8, 4) is 5.75 Å². The largest absolute Gasteiger partial charge is 0.573 e. The van der Waals surface area contributed by atoms with Gasteiger partial charge in [0.25, 0.3) is 0 Å². The van der Waals surface area contributed by atoms with Crippen LogP contribution >= 0.6 is 0 Å².